The molecule has 0 saturated carbocycles. The molecule has 0 bridgehead atoms. The predicted octanol–water partition coefficient (Wildman–Crippen LogP) is 3.85. The number of aryl methyl sites for hydroxylation is 1. The zero-order valence-corrected chi connectivity index (χ0v) is 17.2. The number of rotatable bonds is 4. The number of nitrogens with one attached hydrogen (secondary N) is 1. The first kappa shape index (κ1) is 19.4. The Balaban J connectivity index is 1.98. The molecule has 1 spiro atoms. The van der Waals surface area contributed by atoms with E-state index in [-0.39, 0.29) is 11.6 Å². The molecule has 0 aliphatic carbocycles. The maximum absolute atomic E-state index is 13.8. The molecule has 2 aromatic carbocycles. The van der Waals surface area contributed by atoms with E-state index in [4.69, 9.17) is 0 Å². The second-order valence-corrected chi connectivity index (χ2v) is 8.09. The highest BCUT2D eigenvalue weighted by Crippen LogP contribution is 2.49. The van der Waals surface area contributed by atoms with Gasteiger partial charge in [0.05, 0.1) is 11.6 Å². The van der Waals surface area contributed by atoms with Gasteiger partial charge in [-0.25, -0.2) is 0 Å². The van der Waals surface area contributed by atoms with Crippen LogP contribution in [-0.4, -0.2) is 37.9 Å². The van der Waals surface area contributed by atoms with Crippen LogP contribution in [0, 0.1) is 12.8 Å². The summed E-state index contributed by atoms with van der Waals surface area (Å²) in [5.74, 6) is -0.626. The zero-order valence-electron chi connectivity index (χ0n) is 17.2. The lowest BCUT2D eigenvalue weighted by molar-refractivity contribution is -0.121. The van der Waals surface area contributed by atoms with Crippen molar-refractivity contribution < 1.29 is 9.59 Å². The standard InChI is InChI=1S/C24H27N3O2/c1-5-22(28)20-7-6-14-25-24(20)23(29)19-13-12-18(26(3)4)15-21(19)27(24)17-10-8-16(2)9-11-17/h5,8-13,15,20,25H,1,6-7,14H2,2-4H3. The topological polar surface area (TPSA) is 52.7 Å². The highest BCUT2D eigenvalue weighted by molar-refractivity contribution is 6.18. The fourth-order valence-electron chi connectivity index (χ4n) is 4.59. The first-order valence-electron chi connectivity index (χ1n) is 10.0. The summed E-state index contributed by atoms with van der Waals surface area (Å²) in [6, 6.07) is 14.0. The Hall–Kier alpha value is -2.92. The Labute approximate surface area is 172 Å². The number of ketones is 2. The summed E-state index contributed by atoms with van der Waals surface area (Å²) in [5.41, 5.74) is 3.41. The fourth-order valence-corrected chi connectivity index (χ4v) is 4.59. The lowest BCUT2D eigenvalue weighted by Crippen LogP contribution is -2.67. The molecule has 2 aliphatic heterocycles. The van der Waals surface area contributed by atoms with Gasteiger partial charge in [-0.1, -0.05) is 24.3 Å². The van der Waals surface area contributed by atoms with E-state index in [0.717, 1.165) is 29.0 Å². The van der Waals surface area contributed by atoms with E-state index in [1.165, 1.54) is 6.08 Å². The number of nitrogens with zero attached hydrogens (tertiary/aromatic N) is 2. The molecule has 4 rings (SSSR count). The van der Waals surface area contributed by atoms with Crippen molar-refractivity contribution in [1.29, 1.82) is 0 Å². The summed E-state index contributed by atoms with van der Waals surface area (Å²) >= 11 is 0. The van der Waals surface area contributed by atoms with Crippen LogP contribution in [0.3, 0.4) is 0 Å². The van der Waals surface area contributed by atoms with Crippen LogP contribution in [0.5, 0.6) is 0 Å². The number of benzene rings is 2. The third-order valence-corrected chi connectivity index (χ3v) is 6.09. The second kappa shape index (κ2) is 7.16. The second-order valence-electron chi connectivity index (χ2n) is 8.09. The van der Waals surface area contributed by atoms with Gasteiger partial charge in [0.15, 0.2) is 11.4 Å². The number of hydrogen-bond acceptors (Lipinski definition) is 5. The molecular weight excluding hydrogens is 362 g/mol. The van der Waals surface area contributed by atoms with Crippen LogP contribution >= 0.6 is 0 Å². The average molecular weight is 389 g/mol. The van der Waals surface area contributed by atoms with Crippen molar-refractivity contribution in [1.82, 2.24) is 5.32 Å². The number of fused-ring (bicyclic) bond motifs is 1. The molecular formula is C24H27N3O2. The van der Waals surface area contributed by atoms with Gasteiger partial charge in [-0.3, -0.25) is 14.9 Å². The van der Waals surface area contributed by atoms with Gasteiger partial charge in [-0.05, 0) is 62.7 Å². The van der Waals surface area contributed by atoms with E-state index >= 15 is 0 Å². The number of carbonyl (C=O) groups is 2. The normalized spacial score (nSPS) is 23.2. The van der Waals surface area contributed by atoms with Crippen LogP contribution in [0.4, 0.5) is 17.1 Å². The molecule has 150 valence electrons. The van der Waals surface area contributed by atoms with Gasteiger partial charge in [0.25, 0.3) is 0 Å². The Morgan fingerprint density at radius 2 is 1.97 bits per heavy atom. The molecule has 2 unspecified atom stereocenters. The lowest BCUT2D eigenvalue weighted by atomic mass is 9.78. The summed E-state index contributed by atoms with van der Waals surface area (Å²) in [5, 5.41) is 3.46. The molecule has 2 aliphatic rings. The summed E-state index contributed by atoms with van der Waals surface area (Å²) < 4.78 is 0. The van der Waals surface area contributed by atoms with Crippen molar-refractivity contribution >= 4 is 28.6 Å². The minimum absolute atomic E-state index is 0.0433. The van der Waals surface area contributed by atoms with Crippen LogP contribution in [0.1, 0.15) is 28.8 Å². The third kappa shape index (κ3) is 2.88. The molecule has 5 heteroatoms. The highest BCUT2D eigenvalue weighted by Gasteiger charge is 2.59. The first-order chi connectivity index (χ1) is 13.9. The first-order valence-corrected chi connectivity index (χ1v) is 10.0. The molecule has 1 N–H and O–H groups in total. The molecule has 0 radical (unpaired) electrons. The van der Waals surface area contributed by atoms with Gasteiger partial charge < -0.3 is 9.80 Å². The SMILES string of the molecule is C=CC(=O)C1CCCNC12C(=O)c1ccc(N(C)C)cc1N2c1ccc(C)cc1. The Morgan fingerprint density at radius 3 is 2.62 bits per heavy atom. The number of anilines is 3. The summed E-state index contributed by atoms with van der Waals surface area (Å²) in [4.78, 5) is 30.8. The van der Waals surface area contributed by atoms with Crippen molar-refractivity contribution in [2.75, 3.05) is 30.4 Å². The molecule has 29 heavy (non-hydrogen) atoms. The van der Waals surface area contributed by atoms with E-state index in [1.54, 1.807) is 0 Å². The molecule has 0 amide bonds. The summed E-state index contributed by atoms with van der Waals surface area (Å²) in [6.45, 7) is 6.42. The summed E-state index contributed by atoms with van der Waals surface area (Å²) in [7, 11) is 3.96. The van der Waals surface area contributed by atoms with Crippen molar-refractivity contribution in [3.05, 3.63) is 66.2 Å². The zero-order chi connectivity index (χ0) is 20.8. The lowest BCUT2D eigenvalue weighted by Gasteiger charge is -2.46. The van der Waals surface area contributed by atoms with Crippen LogP contribution in [0.25, 0.3) is 0 Å². The molecule has 2 aromatic rings. The quantitative estimate of drug-likeness (QED) is 0.805. The van der Waals surface area contributed by atoms with Crippen molar-refractivity contribution in [3.8, 4) is 0 Å². The molecule has 0 aromatic heterocycles. The molecule has 2 heterocycles. The Bertz CT molecular complexity index is 980. The highest BCUT2D eigenvalue weighted by atomic mass is 16.1. The van der Waals surface area contributed by atoms with E-state index in [0.29, 0.717) is 18.5 Å². The van der Waals surface area contributed by atoms with E-state index in [1.807, 2.05) is 73.3 Å². The Kier molecular flexibility index (Phi) is 4.79. The van der Waals surface area contributed by atoms with Gasteiger partial charge in [0, 0.05) is 31.0 Å². The maximum Gasteiger partial charge on any atom is 0.206 e. The van der Waals surface area contributed by atoms with Gasteiger partial charge in [-0.2, -0.15) is 0 Å². The minimum atomic E-state index is -1.12. The molecule has 1 saturated heterocycles. The third-order valence-electron chi connectivity index (χ3n) is 6.09. The largest absolute Gasteiger partial charge is 0.378 e. The number of Topliss-reactive ketones (excluding diaryl/α,β-unsaturated/α-hetero) is 1. The van der Waals surface area contributed by atoms with Crippen LogP contribution in [0.2, 0.25) is 0 Å². The van der Waals surface area contributed by atoms with Gasteiger partial charge in [0.1, 0.15) is 0 Å². The van der Waals surface area contributed by atoms with Crippen LogP contribution in [-0.2, 0) is 4.79 Å². The van der Waals surface area contributed by atoms with E-state index in [9.17, 15) is 9.59 Å². The van der Waals surface area contributed by atoms with Gasteiger partial charge in [0.2, 0.25) is 5.78 Å². The monoisotopic (exact) mass is 389 g/mol. The van der Waals surface area contributed by atoms with E-state index < -0.39 is 11.6 Å². The van der Waals surface area contributed by atoms with Gasteiger partial charge >= 0.3 is 0 Å². The van der Waals surface area contributed by atoms with E-state index in [2.05, 4.69) is 11.9 Å². The summed E-state index contributed by atoms with van der Waals surface area (Å²) in [6.07, 6.45) is 2.86. The number of carbonyl (C=O) groups excluding carboxylic acids is 2. The predicted molar refractivity (Wildman–Crippen MR) is 117 cm³/mol. The maximum atomic E-state index is 13.8. The van der Waals surface area contributed by atoms with Crippen molar-refractivity contribution in [2.24, 2.45) is 5.92 Å². The Morgan fingerprint density at radius 1 is 1.24 bits per heavy atom. The smallest absolute Gasteiger partial charge is 0.206 e. The average Bonchev–Trinajstić information content (AvgIpc) is 2.96. The number of allylic oxidation sites excluding steroid dienone is 1. The van der Waals surface area contributed by atoms with Crippen molar-refractivity contribution in [2.45, 2.75) is 25.4 Å². The number of hydrogen-bond donors (Lipinski definition) is 1. The molecule has 5 nitrogen and oxygen atoms in total. The fraction of sp³-hybridized carbons (Fsp3) is 0.333. The molecule has 1 fully saturated rings. The van der Waals surface area contributed by atoms with Gasteiger partial charge in [-0.15, -0.1) is 0 Å². The molecule has 2 atom stereocenters. The number of piperidine rings is 1. The van der Waals surface area contributed by atoms with Crippen molar-refractivity contribution in [3.63, 3.8) is 0 Å². The van der Waals surface area contributed by atoms with Crippen LogP contribution in [0.15, 0.2) is 55.1 Å². The van der Waals surface area contributed by atoms with Crippen LogP contribution < -0.4 is 15.1 Å². The minimum Gasteiger partial charge on any atom is -0.378 e.